The van der Waals surface area contributed by atoms with Crippen molar-refractivity contribution >= 4 is 28.9 Å². The van der Waals surface area contributed by atoms with Crippen LogP contribution in [-0.2, 0) is 11.2 Å². The second-order valence-corrected chi connectivity index (χ2v) is 6.21. The summed E-state index contributed by atoms with van der Waals surface area (Å²) in [5, 5.41) is 3.52. The Balaban J connectivity index is 1.78. The van der Waals surface area contributed by atoms with Crippen molar-refractivity contribution in [3.63, 3.8) is 0 Å². The third-order valence-corrected chi connectivity index (χ3v) is 4.47. The second kappa shape index (κ2) is 6.20. The van der Waals surface area contributed by atoms with Crippen molar-refractivity contribution in [3.8, 4) is 0 Å². The molecular formula is C18H18ClFN2O. The number of hydrogen-bond acceptors (Lipinski definition) is 2. The van der Waals surface area contributed by atoms with Gasteiger partial charge in [-0.25, -0.2) is 4.39 Å². The first kappa shape index (κ1) is 15.8. The van der Waals surface area contributed by atoms with Crippen molar-refractivity contribution in [1.29, 1.82) is 0 Å². The smallest absolute Gasteiger partial charge is 0.223 e. The highest BCUT2D eigenvalue weighted by Crippen LogP contribution is 2.32. The molecule has 23 heavy (non-hydrogen) atoms. The van der Waals surface area contributed by atoms with E-state index in [1.165, 1.54) is 6.07 Å². The lowest BCUT2D eigenvalue weighted by Gasteiger charge is -2.18. The van der Waals surface area contributed by atoms with E-state index in [4.69, 9.17) is 11.6 Å². The number of anilines is 2. The predicted octanol–water partition coefficient (Wildman–Crippen LogP) is 4.56. The van der Waals surface area contributed by atoms with Gasteiger partial charge in [-0.2, -0.15) is 0 Å². The zero-order chi connectivity index (χ0) is 16.6. The molecule has 0 saturated carbocycles. The van der Waals surface area contributed by atoms with Gasteiger partial charge in [0.25, 0.3) is 0 Å². The molecule has 0 aliphatic carbocycles. The first-order valence-corrected chi connectivity index (χ1v) is 7.96. The molecule has 2 aromatic carbocycles. The van der Waals surface area contributed by atoms with Crippen LogP contribution in [0.4, 0.5) is 15.8 Å². The normalized spacial score (nSPS) is 14.5. The fraction of sp³-hybridized carbons (Fsp3) is 0.278. The quantitative estimate of drug-likeness (QED) is 0.893. The van der Waals surface area contributed by atoms with E-state index in [9.17, 15) is 9.18 Å². The van der Waals surface area contributed by atoms with Crippen molar-refractivity contribution in [1.82, 2.24) is 0 Å². The molecule has 1 heterocycles. The van der Waals surface area contributed by atoms with Crippen LogP contribution in [-0.4, -0.2) is 12.5 Å². The van der Waals surface area contributed by atoms with Crippen LogP contribution in [0.1, 0.15) is 31.0 Å². The molecule has 1 atom stereocenters. The number of rotatable bonds is 3. The van der Waals surface area contributed by atoms with Gasteiger partial charge in [-0.3, -0.25) is 4.79 Å². The van der Waals surface area contributed by atoms with Crippen LogP contribution in [0.3, 0.4) is 0 Å². The fourth-order valence-electron chi connectivity index (χ4n) is 2.93. The van der Waals surface area contributed by atoms with Gasteiger partial charge in [0.15, 0.2) is 0 Å². The molecule has 3 nitrogen and oxygen atoms in total. The van der Waals surface area contributed by atoms with Gasteiger partial charge in [-0.05, 0) is 54.8 Å². The molecule has 1 aliphatic heterocycles. The summed E-state index contributed by atoms with van der Waals surface area (Å²) >= 11 is 5.84. The van der Waals surface area contributed by atoms with Gasteiger partial charge >= 0.3 is 0 Å². The van der Waals surface area contributed by atoms with Gasteiger partial charge in [0.05, 0.1) is 5.02 Å². The Kier molecular flexibility index (Phi) is 4.26. The zero-order valence-electron chi connectivity index (χ0n) is 13.1. The number of nitrogens with one attached hydrogen (secondary N) is 1. The van der Waals surface area contributed by atoms with E-state index in [1.54, 1.807) is 24.0 Å². The number of hydrogen-bond donors (Lipinski definition) is 1. The van der Waals surface area contributed by atoms with Gasteiger partial charge in [0.2, 0.25) is 5.91 Å². The average Bonchev–Trinajstić information content (AvgIpc) is 2.93. The lowest BCUT2D eigenvalue weighted by atomic mass is 10.1. The molecule has 0 bridgehead atoms. The van der Waals surface area contributed by atoms with E-state index < -0.39 is 5.82 Å². The molecule has 1 N–H and O–H groups in total. The molecular weight excluding hydrogens is 315 g/mol. The summed E-state index contributed by atoms with van der Waals surface area (Å²) in [4.78, 5) is 13.4. The average molecular weight is 333 g/mol. The summed E-state index contributed by atoms with van der Waals surface area (Å²) in [7, 11) is 0. The zero-order valence-corrected chi connectivity index (χ0v) is 13.8. The van der Waals surface area contributed by atoms with Gasteiger partial charge < -0.3 is 10.2 Å². The minimum atomic E-state index is -0.413. The molecule has 1 amide bonds. The largest absolute Gasteiger partial charge is 0.379 e. The van der Waals surface area contributed by atoms with Crippen LogP contribution in [0.25, 0.3) is 0 Å². The lowest BCUT2D eigenvalue weighted by molar-refractivity contribution is -0.116. The third kappa shape index (κ3) is 3.17. The maximum atomic E-state index is 13.3. The summed E-state index contributed by atoms with van der Waals surface area (Å²) in [5.41, 5.74) is 4.04. The highest BCUT2D eigenvalue weighted by Gasteiger charge is 2.22. The molecule has 0 spiro atoms. The van der Waals surface area contributed by atoms with E-state index >= 15 is 0 Å². The summed E-state index contributed by atoms with van der Waals surface area (Å²) in [6.45, 7) is 4.32. The number of amides is 1. The van der Waals surface area contributed by atoms with Crippen LogP contribution in [0.15, 0.2) is 36.4 Å². The first-order chi connectivity index (χ1) is 11.0. The number of carbonyl (C=O) groups excluding carboxylic acids is 1. The standard InChI is InChI=1S/C18H18ClFN2O/c1-11(13-3-5-17(20)16(19)10-13)21-15-4-6-18-14(9-15)7-8-22(18)12(2)23/h3-6,9-11,21H,7-8H2,1-2H3. The molecule has 1 unspecified atom stereocenters. The Morgan fingerprint density at radius 1 is 1.30 bits per heavy atom. The second-order valence-electron chi connectivity index (χ2n) is 5.80. The minimum absolute atomic E-state index is 0.00327. The van der Waals surface area contributed by atoms with E-state index in [2.05, 4.69) is 11.4 Å². The molecule has 2 aromatic rings. The molecule has 0 aromatic heterocycles. The highest BCUT2D eigenvalue weighted by atomic mass is 35.5. The van der Waals surface area contributed by atoms with E-state index in [-0.39, 0.29) is 17.0 Å². The number of benzene rings is 2. The Labute approximate surface area is 140 Å². The fourth-order valence-corrected chi connectivity index (χ4v) is 3.12. The molecule has 3 rings (SSSR count). The first-order valence-electron chi connectivity index (χ1n) is 7.58. The van der Waals surface area contributed by atoms with Gasteiger partial charge in [-0.1, -0.05) is 17.7 Å². The van der Waals surface area contributed by atoms with Gasteiger partial charge in [0, 0.05) is 30.9 Å². The number of halogens is 2. The summed E-state index contributed by atoms with van der Waals surface area (Å²) in [6, 6.07) is 10.7. The highest BCUT2D eigenvalue weighted by molar-refractivity contribution is 6.30. The molecule has 0 saturated heterocycles. The van der Waals surface area contributed by atoms with Crippen molar-refractivity contribution in [2.45, 2.75) is 26.3 Å². The maximum absolute atomic E-state index is 13.3. The lowest BCUT2D eigenvalue weighted by Crippen LogP contribution is -2.25. The summed E-state index contributed by atoms with van der Waals surface area (Å²) in [5.74, 6) is -0.344. The minimum Gasteiger partial charge on any atom is -0.379 e. The van der Waals surface area contributed by atoms with Crippen LogP contribution >= 0.6 is 11.6 Å². The van der Waals surface area contributed by atoms with Crippen molar-refractivity contribution < 1.29 is 9.18 Å². The molecule has 120 valence electrons. The Morgan fingerprint density at radius 2 is 2.09 bits per heavy atom. The number of nitrogens with zero attached hydrogens (tertiary/aromatic N) is 1. The van der Waals surface area contributed by atoms with Crippen molar-refractivity contribution in [2.24, 2.45) is 0 Å². The van der Waals surface area contributed by atoms with Crippen LogP contribution in [0.5, 0.6) is 0 Å². The van der Waals surface area contributed by atoms with E-state index in [0.29, 0.717) is 0 Å². The number of carbonyl (C=O) groups is 1. The SMILES string of the molecule is CC(=O)N1CCc2cc(NC(C)c3ccc(F)c(Cl)c3)ccc21. The number of fused-ring (bicyclic) bond motifs is 1. The molecule has 1 aliphatic rings. The van der Waals surface area contributed by atoms with Crippen LogP contribution in [0, 0.1) is 5.82 Å². The topological polar surface area (TPSA) is 32.3 Å². The monoisotopic (exact) mass is 332 g/mol. The Morgan fingerprint density at radius 3 is 2.78 bits per heavy atom. The summed E-state index contributed by atoms with van der Waals surface area (Å²) in [6.07, 6.45) is 0.862. The van der Waals surface area contributed by atoms with E-state index in [1.807, 2.05) is 19.1 Å². The van der Waals surface area contributed by atoms with Crippen molar-refractivity contribution in [2.75, 3.05) is 16.8 Å². The van der Waals surface area contributed by atoms with Crippen molar-refractivity contribution in [3.05, 3.63) is 58.4 Å². The van der Waals surface area contributed by atoms with Gasteiger partial charge in [-0.15, -0.1) is 0 Å². The maximum Gasteiger partial charge on any atom is 0.223 e. The van der Waals surface area contributed by atoms with Gasteiger partial charge in [0.1, 0.15) is 5.82 Å². The Bertz CT molecular complexity index is 763. The van der Waals surface area contributed by atoms with Crippen LogP contribution in [0.2, 0.25) is 5.02 Å². The molecule has 5 heteroatoms. The Hall–Kier alpha value is -2.07. The van der Waals surface area contributed by atoms with E-state index in [0.717, 1.165) is 35.5 Å². The molecule has 0 radical (unpaired) electrons. The molecule has 0 fully saturated rings. The third-order valence-electron chi connectivity index (χ3n) is 4.18. The predicted molar refractivity (Wildman–Crippen MR) is 91.6 cm³/mol. The van der Waals surface area contributed by atoms with Crippen LogP contribution < -0.4 is 10.2 Å². The summed E-state index contributed by atoms with van der Waals surface area (Å²) < 4.78 is 13.3.